The molecule has 0 radical (unpaired) electrons. The summed E-state index contributed by atoms with van der Waals surface area (Å²) in [6, 6.07) is 38.9. The predicted octanol–water partition coefficient (Wildman–Crippen LogP) is 6.40. The fourth-order valence-corrected chi connectivity index (χ4v) is 5.53. The van der Waals surface area contributed by atoms with E-state index in [1.54, 1.807) is 6.20 Å². The summed E-state index contributed by atoms with van der Waals surface area (Å²) in [5.41, 5.74) is 7.00. The summed E-state index contributed by atoms with van der Waals surface area (Å²) in [4.78, 5) is 35.3. The minimum Gasteiger partial charge on any atom is -0.367 e. The van der Waals surface area contributed by atoms with Crippen molar-refractivity contribution in [3.63, 3.8) is 0 Å². The van der Waals surface area contributed by atoms with E-state index < -0.39 is 0 Å². The van der Waals surface area contributed by atoms with Gasteiger partial charge in [0.15, 0.2) is 0 Å². The van der Waals surface area contributed by atoms with Crippen LogP contribution in [0.25, 0.3) is 50.1 Å². The summed E-state index contributed by atoms with van der Waals surface area (Å²) in [5.74, 6) is -0.290. The van der Waals surface area contributed by atoms with Gasteiger partial charge in [0.25, 0.3) is 5.56 Å². The van der Waals surface area contributed by atoms with Crippen LogP contribution in [0.5, 0.6) is 0 Å². The molecule has 220 valence electrons. The van der Waals surface area contributed by atoms with Crippen LogP contribution >= 0.6 is 0 Å². The minimum absolute atomic E-state index is 0.0831. The molecule has 7 rings (SSSR count). The van der Waals surface area contributed by atoms with Crippen LogP contribution in [0.2, 0.25) is 0 Å². The average molecular weight is 592 g/mol. The van der Waals surface area contributed by atoms with E-state index in [9.17, 15) is 9.59 Å². The lowest BCUT2D eigenvalue weighted by molar-refractivity contribution is -0.126. The Hall–Kier alpha value is -5.86. The maximum Gasteiger partial charge on any atom is 0.282 e. The Kier molecular flexibility index (Phi) is 7.70. The molecule has 8 nitrogen and oxygen atoms in total. The summed E-state index contributed by atoms with van der Waals surface area (Å²) in [7, 11) is 0. The maximum atomic E-state index is 14.4. The summed E-state index contributed by atoms with van der Waals surface area (Å²) >= 11 is 0. The number of benzene rings is 4. The Morgan fingerprint density at radius 1 is 0.778 bits per heavy atom. The number of amides is 1. The van der Waals surface area contributed by atoms with Crippen molar-refractivity contribution in [3.05, 3.63) is 149 Å². The van der Waals surface area contributed by atoms with Gasteiger partial charge >= 0.3 is 0 Å². The van der Waals surface area contributed by atoms with Crippen molar-refractivity contribution in [2.45, 2.75) is 13.2 Å². The third-order valence-corrected chi connectivity index (χ3v) is 7.67. The molecule has 0 aliphatic rings. The lowest BCUT2D eigenvalue weighted by atomic mass is 10.0. The molecule has 45 heavy (non-hydrogen) atoms. The number of carbonyl (C=O) groups is 1. The number of ether oxygens (including phenoxy) is 1. The maximum absolute atomic E-state index is 14.4. The first-order chi connectivity index (χ1) is 22.2. The Labute approximate surface area is 259 Å². The zero-order chi connectivity index (χ0) is 30.6. The second-order valence-corrected chi connectivity index (χ2v) is 10.7. The molecule has 0 bridgehead atoms. The Bertz CT molecular complexity index is 2180. The van der Waals surface area contributed by atoms with Crippen LogP contribution < -0.4 is 10.9 Å². The highest BCUT2D eigenvalue weighted by molar-refractivity contribution is 5.91. The summed E-state index contributed by atoms with van der Waals surface area (Å²) in [6.07, 6.45) is 1.74. The first-order valence-electron chi connectivity index (χ1n) is 14.7. The van der Waals surface area contributed by atoms with Crippen LogP contribution in [0.15, 0.2) is 132 Å². The first kappa shape index (κ1) is 27.9. The van der Waals surface area contributed by atoms with Crippen molar-refractivity contribution in [1.29, 1.82) is 0 Å². The van der Waals surface area contributed by atoms with Gasteiger partial charge in [-0.15, -0.1) is 0 Å². The highest BCUT2D eigenvalue weighted by Crippen LogP contribution is 2.35. The third kappa shape index (κ3) is 5.74. The van der Waals surface area contributed by atoms with E-state index in [1.807, 2.05) is 121 Å². The average Bonchev–Trinajstić information content (AvgIpc) is 3.48. The van der Waals surface area contributed by atoms with E-state index in [0.717, 1.165) is 33.2 Å². The fourth-order valence-electron chi connectivity index (χ4n) is 5.53. The number of aromatic amines is 1. The number of H-pyrrole nitrogens is 1. The van der Waals surface area contributed by atoms with Crippen molar-refractivity contribution < 1.29 is 9.53 Å². The van der Waals surface area contributed by atoms with Gasteiger partial charge < -0.3 is 15.0 Å². The molecule has 0 aliphatic carbocycles. The lowest BCUT2D eigenvalue weighted by Crippen LogP contribution is -2.29. The molecule has 0 atom stereocenters. The molecule has 0 aliphatic heterocycles. The predicted molar refractivity (Wildman–Crippen MR) is 175 cm³/mol. The second kappa shape index (κ2) is 12.4. The molecule has 1 amide bonds. The van der Waals surface area contributed by atoms with Crippen LogP contribution in [0.4, 0.5) is 0 Å². The molecule has 4 aromatic carbocycles. The van der Waals surface area contributed by atoms with E-state index >= 15 is 0 Å². The number of nitrogens with one attached hydrogen (secondary N) is 2. The summed E-state index contributed by atoms with van der Waals surface area (Å²) < 4.78 is 7.08. The van der Waals surface area contributed by atoms with E-state index in [-0.39, 0.29) is 24.6 Å². The third-order valence-electron chi connectivity index (χ3n) is 7.67. The number of hydrogen-bond donors (Lipinski definition) is 2. The summed E-state index contributed by atoms with van der Waals surface area (Å²) in [5, 5.41) is 8.71. The van der Waals surface area contributed by atoms with E-state index in [0.29, 0.717) is 34.8 Å². The van der Waals surface area contributed by atoms with Gasteiger partial charge in [-0.05, 0) is 34.9 Å². The minimum atomic E-state index is -0.295. The van der Waals surface area contributed by atoms with Gasteiger partial charge in [-0.25, -0.2) is 0 Å². The number of pyridine rings is 1. The molecule has 0 saturated heterocycles. The molecular weight excluding hydrogens is 562 g/mol. The Morgan fingerprint density at radius 2 is 1.49 bits per heavy atom. The van der Waals surface area contributed by atoms with Crippen LogP contribution in [0.3, 0.4) is 0 Å². The van der Waals surface area contributed by atoms with Gasteiger partial charge in [0.05, 0.1) is 29.8 Å². The number of aromatic nitrogens is 4. The van der Waals surface area contributed by atoms with E-state index in [2.05, 4.69) is 15.3 Å². The Balaban J connectivity index is 1.33. The molecule has 3 aromatic heterocycles. The molecule has 0 unspecified atom stereocenters. The standard InChI is InChI=1S/C37H29N5O3/c43-32(24-45-23-25-11-4-1-5-12-25)39-22-31-33(29-18-19-30-28(21-29)17-10-20-38-30)37(44)42-36(40-31)34(26-13-6-2-7-14-26)35(41-42)27-15-8-3-9-16-27/h1-21,40H,22-24H2,(H,39,43). The molecule has 0 fully saturated rings. The van der Waals surface area contributed by atoms with Crippen molar-refractivity contribution >= 4 is 22.5 Å². The van der Waals surface area contributed by atoms with Crippen molar-refractivity contribution in [3.8, 4) is 33.5 Å². The van der Waals surface area contributed by atoms with Crippen molar-refractivity contribution in [2.24, 2.45) is 0 Å². The number of carbonyl (C=O) groups excluding carboxylic acids is 1. The van der Waals surface area contributed by atoms with Gasteiger partial charge in [0, 0.05) is 22.8 Å². The SMILES string of the molecule is O=C(COCc1ccccc1)NCc1[nH]c2c(-c3ccccc3)c(-c3ccccc3)nn2c(=O)c1-c1ccc2ncccc2c1. The van der Waals surface area contributed by atoms with Crippen molar-refractivity contribution in [2.75, 3.05) is 6.61 Å². The zero-order valence-electron chi connectivity index (χ0n) is 24.3. The molecule has 7 aromatic rings. The topological polar surface area (TPSA) is 101 Å². The van der Waals surface area contributed by atoms with Crippen LogP contribution in [-0.4, -0.2) is 32.1 Å². The molecule has 2 N–H and O–H groups in total. The number of rotatable bonds is 9. The smallest absolute Gasteiger partial charge is 0.282 e. The molecule has 8 heteroatoms. The van der Waals surface area contributed by atoms with Crippen LogP contribution in [-0.2, 0) is 22.7 Å². The van der Waals surface area contributed by atoms with E-state index in [1.165, 1.54) is 4.52 Å². The van der Waals surface area contributed by atoms with Gasteiger partial charge in [0.1, 0.15) is 17.9 Å². The summed E-state index contributed by atoms with van der Waals surface area (Å²) in [6.45, 7) is 0.296. The van der Waals surface area contributed by atoms with Crippen LogP contribution in [0, 0.1) is 0 Å². The number of nitrogens with zero attached hydrogens (tertiary/aromatic N) is 3. The fraction of sp³-hybridized carbons (Fsp3) is 0.0811. The van der Waals surface area contributed by atoms with Gasteiger partial charge in [-0.2, -0.15) is 9.61 Å². The lowest BCUT2D eigenvalue weighted by Gasteiger charge is -2.13. The highest BCUT2D eigenvalue weighted by Gasteiger charge is 2.23. The normalized spacial score (nSPS) is 11.2. The largest absolute Gasteiger partial charge is 0.367 e. The second-order valence-electron chi connectivity index (χ2n) is 10.7. The van der Waals surface area contributed by atoms with Gasteiger partial charge in [0.2, 0.25) is 5.91 Å². The quantitative estimate of drug-likeness (QED) is 0.202. The molecule has 0 saturated carbocycles. The van der Waals surface area contributed by atoms with Crippen LogP contribution in [0.1, 0.15) is 11.3 Å². The van der Waals surface area contributed by atoms with E-state index in [4.69, 9.17) is 9.84 Å². The highest BCUT2D eigenvalue weighted by atomic mass is 16.5. The van der Waals surface area contributed by atoms with Crippen molar-refractivity contribution in [1.82, 2.24) is 24.9 Å². The zero-order valence-corrected chi connectivity index (χ0v) is 24.3. The van der Waals surface area contributed by atoms with Gasteiger partial charge in [-0.1, -0.05) is 103 Å². The number of hydrogen-bond acceptors (Lipinski definition) is 5. The Morgan fingerprint density at radius 3 is 2.24 bits per heavy atom. The monoisotopic (exact) mass is 591 g/mol. The first-order valence-corrected chi connectivity index (χ1v) is 14.7. The molecule has 0 spiro atoms. The van der Waals surface area contributed by atoms with Gasteiger partial charge in [-0.3, -0.25) is 14.6 Å². The molecular formula is C37H29N5O3. The number of fused-ring (bicyclic) bond motifs is 2. The molecule has 3 heterocycles.